The van der Waals surface area contributed by atoms with Gasteiger partial charge in [-0.25, -0.2) is 0 Å². The van der Waals surface area contributed by atoms with E-state index in [1.807, 2.05) is 0 Å². The van der Waals surface area contributed by atoms with Gasteiger partial charge < -0.3 is 17.7 Å². The van der Waals surface area contributed by atoms with Gasteiger partial charge in [-0.1, -0.05) is 46.4 Å². The molecule has 0 atom stereocenters. The molecule has 0 unspecified atom stereocenters. The van der Waals surface area contributed by atoms with Crippen LogP contribution in [0, 0.1) is 0 Å². The van der Waals surface area contributed by atoms with Gasteiger partial charge in [0.05, 0.1) is 0 Å². The summed E-state index contributed by atoms with van der Waals surface area (Å²) in [6.07, 6.45) is 0. The molecular weight excluding hydrogens is 282 g/mol. The summed E-state index contributed by atoms with van der Waals surface area (Å²) < 4.78 is 19.7. The SMILES string of the molecule is ClCO[Si](OCCl)(OCCl)OCCl. The standard InChI is InChI=1S/C4H8Cl4O4Si/c5-1-9-13(10-2-6,11-3-7)12-4-8/h1-4H2. The van der Waals surface area contributed by atoms with Gasteiger partial charge in [0.2, 0.25) is 0 Å². The maximum absolute atomic E-state index is 5.34. The molecule has 9 heteroatoms. The lowest BCUT2D eigenvalue weighted by atomic mass is 11.7. The van der Waals surface area contributed by atoms with Gasteiger partial charge in [-0.05, 0) is 0 Å². The number of hydrogen-bond donors (Lipinski definition) is 0. The first-order chi connectivity index (χ1) is 6.24. The number of halogens is 4. The van der Waals surface area contributed by atoms with Crippen LogP contribution in [0.4, 0.5) is 0 Å². The quantitative estimate of drug-likeness (QED) is 0.507. The van der Waals surface area contributed by atoms with Crippen molar-refractivity contribution in [1.29, 1.82) is 0 Å². The highest BCUT2D eigenvalue weighted by Gasteiger charge is 2.45. The van der Waals surface area contributed by atoms with Crippen molar-refractivity contribution in [2.45, 2.75) is 0 Å². The molecule has 0 amide bonds. The zero-order valence-electron chi connectivity index (χ0n) is 6.47. The molecule has 0 heterocycles. The van der Waals surface area contributed by atoms with E-state index in [0.717, 1.165) is 0 Å². The Morgan fingerprint density at radius 1 is 0.615 bits per heavy atom. The normalized spacial score (nSPS) is 12.0. The van der Waals surface area contributed by atoms with Crippen molar-refractivity contribution in [3.8, 4) is 0 Å². The monoisotopic (exact) mass is 288 g/mol. The highest BCUT2D eigenvalue weighted by molar-refractivity contribution is 6.55. The van der Waals surface area contributed by atoms with E-state index in [9.17, 15) is 0 Å². The minimum absolute atomic E-state index is 0.156. The lowest BCUT2D eigenvalue weighted by Gasteiger charge is -2.24. The van der Waals surface area contributed by atoms with Gasteiger partial charge in [-0.3, -0.25) is 0 Å². The van der Waals surface area contributed by atoms with Gasteiger partial charge in [0.1, 0.15) is 24.3 Å². The van der Waals surface area contributed by atoms with E-state index in [1.54, 1.807) is 0 Å². The van der Waals surface area contributed by atoms with Crippen LogP contribution in [0.1, 0.15) is 0 Å². The topological polar surface area (TPSA) is 36.9 Å². The number of alkyl halides is 4. The van der Waals surface area contributed by atoms with Gasteiger partial charge in [0, 0.05) is 0 Å². The summed E-state index contributed by atoms with van der Waals surface area (Å²) in [6, 6.07) is -0.623. The molecule has 13 heavy (non-hydrogen) atoms. The number of hydrogen-bond acceptors (Lipinski definition) is 4. The molecule has 0 aliphatic heterocycles. The largest absolute Gasteiger partial charge is 0.683 e. The molecule has 0 aromatic rings. The molecule has 0 rings (SSSR count). The van der Waals surface area contributed by atoms with Crippen LogP contribution in [0.15, 0.2) is 0 Å². The van der Waals surface area contributed by atoms with Crippen molar-refractivity contribution in [2.75, 3.05) is 24.3 Å². The minimum Gasteiger partial charge on any atom is -0.337 e. The Bertz CT molecular complexity index is 99.2. The van der Waals surface area contributed by atoms with E-state index >= 15 is 0 Å². The van der Waals surface area contributed by atoms with Gasteiger partial charge in [-0.2, -0.15) is 0 Å². The molecular formula is C4H8Cl4O4Si. The van der Waals surface area contributed by atoms with Crippen LogP contribution in [0.3, 0.4) is 0 Å². The molecule has 0 aromatic heterocycles. The van der Waals surface area contributed by atoms with E-state index in [0.29, 0.717) is 0 Å². The summed E-state index contributed by atoms with van der Waals surface area (Å²) in [4.78, 5) is 0. The summed E-state index contributed by atoms with van der Waals surface area (Å²) in [7, 11) is -3.32. The van der Waals surface area contributed by atoms with E-state index in [1.165, 1.54) is 0 Å². The van der Waals surface area contributed by atoms with Crippen LogP contribution in [0.2, 0.25) is 0 Å². The van der Waals surface area contributed by atoms with Crippen molar-refractivity contribution in [2.24, 2.45) is 0 Å². The first kappa shape index (κ1) is 14.2. The van der Waals surface area contributed by atoms with Crippen molar-refractivity contribution < 1.29 is 17.7 Å². The van der Waals surface area contributed by atoms with Gasteiger partial charge in [0.25, 0.3) is 0 Å². The van der Waals surface area contributed by atoms with Gasteiger partial charge >= 0.3 is 9.05 Å². The summed E-state index contributed by atoms with van der Waals surface area (Å²) in [5.74, 6) is 0. The van der Waals surface area contributed by atoms with Crippen molar-refractivity contribution >= 4 is 55.5 Å². The summed E-state index contributed by atoms with van der Waals surface area (Å²) in [5.41, 5.74) is 0. The predicted octanol–water partition coefficient (Wildman–Crippen LogP) is 2.27. The second-order valence-corrected chi connectivity index (χ2v) is 4.54. The van der Waals surface area contributed by atoms with Gasteiger partial charge in [-0.15, -0.1) is 0 Å². The third kappa shape index (κ3) is 5.61. The third-order valence-electron chi connectivity index (χ3n) is 0.925. The van der Waals surface area contributed by atoms with E-state index in [4.69, 9.17) is 64.1 Å². The lowest BCUT2D eigenvalue weighted by Crippen LogP contribution is -2.48. The van der Waals surface area contributed by atoms with E-state index in [2.05, 4.69) is 0 Å². The highest BCUT2D eigenvalue weighted by Crippen LogP contribution is 2.14. The molecule has 0 spiro atoms. The summed E-state index contributed by atoms with van der Waals surface area (Å²) in [5, 5.41) is 0. The van der Waals surface area contributed by atoms with Crippen molar-refractivity contribution in [3.05, 3.63) is 0 Å². The Morgan fingerprint density at radius 3 is 1.00 bits per heavy atom. The Balaban J connectivity index is 4.19. The molecule has 0 N–H and O–H groups in total. The zero-order valence-corrected chi connectivity index (χ0v) is 10.5. The fraction of sp³-hybridized carbons (Fsp3) is 1.00. The molecule has 0 radical (unpaired) electrons. The van der Waals surface area contributed by atoms with Gasteiger partial charge in [0.15, 0.2) is 0 Å². The average molecular weight is 290 g/mol. The second kappa shape index (κ2) is 8.52. The smallest absolute Gasteiger partial charge is 0.337 e. The molecule has 0 fully saturated rings. The molecule has 0 aromatic carbocycles. The molecule has 0 bridgehead atoms. The molecule has 0 aliphatic rings. The molecule has 0 saturated carbocycles. The molecule has 80 valence electrons. The van der Waals surface area contributed by atoms with E-state index in [-0.39, 0.29) is 24.3 Å². The third-order valence-corrected chi connectivity index (χ3v) is 4.09. The van der Waals surface area contributed by atoms with Crippen LogP contribution in [0.25, 0.3) is 0 Å². The van der Waals surface area contributed by atoms with E-state index < -0.39 is 9.05 Å². The first-order valence-corrected chi connectivity index (χ1v) is 6.81. The predicted molar refractivity (Wildman–Crippen MR) is 53.0 cm³/mol. The Labute approximate surface area is 97.4 Å². The Kier molecular flexibility index (Phi) is 9.32. The Morgan fingerprint density at radius 2 is 0.846 bits per heavy atom. The Hall–Kier alpha value is 1.22. The van der Waals surface area contributed by atoms with Crippen LogP contribution < -0.4 is 0 Å². The van der Waals surface area contributed by atoms with Crippen molar-refractivity contribution in [1.82, 2.24) is 0 Å². The zero-order chi connectivity index (χ0) is 10.2. The van der Waals surface area contributed by atoms with Crippen LogP contribution in [-0.2, 0) is 17.7 Å². The fourth-order valence-electron chi connectivity index (χ4n) is 0.517. The van der Waals surface area contributed by atoms with Crippen LogP contribution in [-0.4, -0.2) is 33.3 Å². The number of rotatable bonds is 8. The maximum atomic E-state index is 5.34. The van der Waals surface area contributed by atoms with Crippen LogP contribution >= 0.6 is 46.4 Å². The molecule has 0 aliphatic carbocycles. The minimum atomic E-state index is -3.32. The second-order valence-electron chi connectivity index (χ2n) is 1.51. The summed E-state index contributed by atoms with van der Waals surface area (Å²) in [6.45, 7) is 0. The lowest BCUT2D eigenvalue weighted by molar-refractivity contribution is 0.00354. The van der Waals surface area contributed by atoms with Crippen molar-refractivity contribution in [3.63, 3.8) is 0 Å². The maximum Gasteiger partial charge on any atom is 0.683 e. The first-order valence-electron chi connectivity index (χ1n) is 3.04. The van der Waals surface area contributed by atoms with Crippen LogP contribution in [0.5, 0.6) is 0 Å². The molecule has 0 saturated heterocycles. The highest BCUT2D eigenvalue weighted by atomic mass is 35.5. The summed E-state index contributed by atoms with van der Waals surface area (Å²) >= 11 is 21.3. The fourth-order valence-corrected chi connectivity index (χ4v) is 3.16. The molecule has 4 nitrogen and oxygen atoms in total. The average Bonchev–Trinajstić information content (AvgIpc) is 2.06.